The van der Waals surface area contributed by atoms with Gasteiger partial charge >= 0.3 is 5.97 Å². The maximum absolute atomic E-state index is 10.6. The first kappa shape index (κ1) is 13.1. The van der Waals surface area contributed by atoms with Gasteiger partial charge in [0.15, 0.2) is 0 Å². The molecule has 0 aliphatic heterocycles. The second-order valence-electron chi connectivity index (χ2n) is 4.70. The largest absolute Gasteiger partial charge is 0.478 e. The lowest BCUT2D eigenvalue weighted by Crippen LogP contribution is -2.20. The van der Waals surface area contributed by atoms with E-state index in [2.05, 4.69) is 27.9 Å². The van der Waals surface area contributed by atoms with Crippen LogP contribution in [0, 0.1) is 5.92 Å². The fourth-order valence-electron chi connectivity index (χ4n) is 1.94. The van der Waals surface area contributed by atoms with Crippen LogP contribution < -0.4 is 4.90 Å². The molecule has 1 aromatic carbocycles. The number of nitrogens with zero attached hydrogens (tertiary/aromatic N) is 1. The molecule has 1 N–H and O–H groups in total. The molecule has 4 heteroatoms. The first-order chi connectivity index (χ1) is 8.56. The second kappa shape index (κ2) is 5.57. The van der Waals surface area contributed by atoms with Crippen LogP contribution >= 0.6 is 15.9 Å². The summed E-state index contributed by atoms with van der Waals surface area (Å²) in [6.45, 7) is 1.03. The summed E-state index contributed by atoms with van der Waals surface area (Å²) in [6, 6.07) is 5.89. The Hall–Kier alpha value is -1.29. The van der Waals surface area contributed by atoms with Crippen LogP contribution in [0.2, 0.25) is 0 Å². The maximum Gasteiger partial charge on any atom is 0.328 e. The Balaban J connectivity index is 2.23. The number of halogens is 1. The van der Waals surface area contributed by atoms with E-state index in [0.717, 1.165) is 28.2 Å². The van der Waals surface area contributed by atoms with Crippen LogP contribution in [0.5, 0.6) is 0 Å². The molecule has 1 saturated carbocycles. The van der Waals surface area contributed by atoms with Crippen molar-refractivity contribution in [1.29, 1.82) is 0 Å². The van der Waals surface area contributed by atoms with Crippen molar-refractivity contribution >= 4 is 33.7 Å². The molecule has 1 aliphatic rings. The lowest BCUT2D eigenvalue weighted by atomic mass is 10.1. The molecule has 3 nitrogen and oxygen atoms in total. The number of aliphatic carboxylic acids is 1. The second-order valence-corrected chi connectivity index (χ2v) is 5.61. The van der Waals surface area contributed by atoms with Crippen molar-refractivity contribution in [3.05, 3.63) is 34.3 Å². The molecule has 2 rings (SSSR count). The SMILES string of the molecule is CN(CC1CC1)c1cc(Br)ccc1/C=C/C(=O)O. The Morgan fingerprint density at radius 2 is 2.28 bits per heavy atom. The van der Waals surface area contributed by atoms with Gasteiger partial charge in [0.25, 0.3) is 0 Å². The van der Waals surface area contributed by atoms with E-state index in [4.69, 9.17) is 5.11 Å². The molecular weight excluding hydrogens is 294 g/mol. The number of anilines is 1. The Morgan fingerprint density at radius 3 is 2.89 bits per heavy atom. The van der Waals surface area contributed by atoms with Crippen LogP contribution in [-0.2, 0) is 4.79 Å². The van der Waals surface area contributed by atoms with Crippen molar-refractivity contribution in [2.24, 2.45) is 5.92 Å². The number of carbonyl (C=O) groups is 1. The molecule has 0 bridgehead atoms. The summed E-state index contributed by atoms with van der Waals surface area (Å²) in [5.41, 5.74) is 2.00. The number of carboxylic acid groups (broad SMARTS) is 1. The molecule has 0 amide bonds. The summed E-state index contributed by atoms with van der Waals surface area (Å²) in [5.74, 6) is -0.126. The van der Waals surface area contributed by atoms with Gasteiger partial charge in [-0.1, -0.05) is 22.0 Å². The molecule has 0 radical (unpaired) electrons. The highest BCUT2D eigenvalue weighted by atomic mass is 79.9. The summed E-state index contributed by atoms with van der Waals surface area (Å²) in [6.07, 6.45) is 5.43. The molecule has 0 unspecified atom stereocenters. The van der Waals surface area contributed by atoms with Gasteiger partial charge in [0.2, 0.25) is 0 Å². The number of carboxylic acids is 1. The molecule has 0 heterocycles. The third-order valence-corrected chi connectivity index (χ3v) is 3.53. The highest BCUT2D eigenvalue weighted by molar-refractivity contribution is 9.10. The lowest BCUT2D eigenvalue weighted by Gasteiger charge is -2.21. The predicted molar refractivity (Wildman–Crippen MR) is 76.8 cm³/mol. The normalized spacial score (nSPS) is 15.0. The average molecular weight is 310 g/mol. The van der Waals surface area contributed by atoms with Crippen molar-refractivity contribution in [2.45, 2.75) is 12.8 Å². The molecule has 1 aliphatic carbocycles. The zero-order valence-corrected chi connectivity index (χ0v) is 11.9. The minimum atomic E-state index is -0.922. The van der Waals surface area contributed by atoms with Crippen LogP contribution in [0.15, 0.2) is 28.7 Å². The first-order valence-corrected chi connectivity index (χ1v) is 6.77. The minimum absolute atomic E-state index is 0.797. The Morgan fingerprint density at radius 1 is 1.56 bits per heavy atom. The zero-order chi connectivity index (χ0) is 13.1. The van der Waals surface area contributed by atoms with Crippen LogP contribution in [0.4, 0.5) is 5.69 Å². The Kier molecular flexibility index (Phi) is 4.07. The Labute approximate surface area is 115 Å². The molecular formula is C14H16BrNO2. The first-order valence-electron chi connectivity index (χ1n) is 5.98. The van der Waals surface area contributed by atoms with E-state index in [0.29, 0.717) is 0 Å². The monoisotopic (exact) mass is 309 g/mol. The van der Waals surface area contributed by atoms with E-state index in [1.807, 2.05) is 18.2 Å². The standard InChI is InChI=1S/C14H16BrNO2/c1-16(9-10-2-3-10)13-8-12(15)6-4-11(13)5-7-14(17)18/h4-8,10H,2-3,9H2,1H3,(H,17,18)/b7-5+. The lowest BCUT2D eigenvalue weighted by molar-refractivity contribution is -0.131. The summed E-state index contributed by atoms with van der Waals surface area (Å²) in [7, 11) is 2.05. The highest BCUT2D eigenvalue weighted by Crippen LogP contribution is 2.33. The highest BCUT2D eigenvalue weighted by Gasteiger charge is 2.23. The number of hydrogen-bond donors (Lipinski definition) is 1. The van der Waals surface area contributed by atoms with E-state index in [1.54, 1.807) is 6.08 Å². The number of hydrogen-bond acceptors (Lipinski definition) is 2. The topological polar surface area (TPSA) is 40.5 Å². The van der Waals surface area contributed by atoms with Crippen molar-refractivity contribution in [3.8, 4) is 0 Å². The molecule has 0 atom stereocenters. The van der Waals surface area contributed by atoms with Gasteiger partial charge in [-0.3, -0.25) is 0 Å². The average Bonchev–Trinajstić information content (AvgIpc) is 3.11. The molecule has 0 aromatic heterocycles. The predicted octanol–water partition coefficient (Wildman–Crippen LogP) is 3.39. The molecule has 18 heavy (non-hydrogen) atoms. The van der Waals surface area contributed by atoms with Crippen molar-refractivity contribution < 1.29 is 9.90 Å². The fourth-order valence-corrected chi connectivity index (χ4v) is 2.28. The third kappa shape index (κ3) is 3.60. The quantitative estimate of drug-likeness (QED) is 0.848. The summed E-state index contributed by atoms with van der Waals surface area (Å²) in [4.78, 5) is 12.8. The van der Waals surface area contributed by atoms with Crippen LogP contribution in [0.3, 0.4) is 0 Å². The third-order valence-electron chi connectivity index (χ3n) is 3.04. The van der Waals surface area contributed by atoms with E-state index in [9.17, 15) is 4.79 Å². The maximum atomic E-state index is 10.6. The zero-order valence-electron chi connectivity index (χ0n) is 10.3. The number of rotatable bonds is 5. The van der Waals surface area contributed by atoms with Crippen molar-refractivity contribution in [3.63, 3.8) is 0 Å². The smallest absolute Gasteiger partial charge is 0.328 e. The van der Waals surface area contributed by atoms with Crippen molar-refractivity contribution in [1.82, 2.24) is 0 Å². The molecule has 0 saturated heterocycles. The van der Waals surface area contributed by atoms with E-state index < -0.39 is 5.97 Å². The van der Waals surface area contributed by atoms with Gasteiger partial charge in [-0.15, -0.1) is 0 Å². The van der Waals surface area contributed by atoms with Gasteiger partial charge in [0.05, 0.1) is 0 Å². The van der Waals surface area contributed by atoms with Crippen molar-refractivity contribution in [2.75, 3.05) is 18.5 Å². The van der Waals surface area contributed by atoms with Gasteiger partial charge in [-0.25, -0.2) is 4.79 Å². The summed E-state index contributed by atoms with van der Waals surface area (Å²) in [5, 5.41) is 8.70. The molecule has 1 aromatic rings. The molecule has 0 spiro atoms. The van der Waals surface area contributed by atoms with Crippen LogP contribution in [-0.4, -0.2) is 24.7 Å². The van der Waals surface area contributed by atoms with Gasteiger partial charge in [0, 0.05) is 29.8 Å². The van der Waals surface area contributed by atoms with E-state index in [1.165, 1.54) is 18.9 Å². The fraction of sp³-hybridized carbons (Fsp3) is 0.357. The van der Waals surface area contributed by atoms with E-state index in [-0.39, 0.29) is 0 Å². The van der Waals surface area contributed by atoms with Gasteiger partial charge in [-0.2, -0.15) is 0 Å². The van der Waals surface area contributed by atoms with Gasteiger partial charge < -0.3 is 10.0 Å². The summed E-state index contributed by atoms with van der Waals surface area (Å²) >= 11 is 3.46. The summed E-state index contributed by atoms with van der Waals surface area (Å²) < 4.78 is 1.01. The Bertz CT molecular complexity index is 481. The van der Waals surface area contributed by atoms with Crippen LogP contribution in [0.25, 0.3) is 6.08 Å². The molecule has 1 fully saturated rings. The number of benzene rings is 1. The van der Waals surface area contributed by atoms with E-state index >= 15 is 0 Å². The minimum Gasteiger partial charge on any atom is -0.478 e. The van der Waals surface area contributed by atoms with Gasteiger partial charge in [-0.05, 0) is 42.5 Å². The van der Waals surface area contributed by atoms with Crippen LogP contribution in [0.1, 0.15) is 18.4 Å². The van der Waals surface area contributed by atoms with Gasteiger partial charge in [0.1, 0.15) is 0 Å². The molecule has 96 valence electrons.